The molecular weight excluding hydrogens is 287 g/mol. The fraction of sp³-hybridized carbons (Fsp3) is 0.0769. The summed E-state index contributed by atoms with van der Waals surface area (Å²) in [5, 5.41) is 12.8. The van der Waals surface area contributed by atoms with Crippen LogP contribution < -0.4 is 0 Å². The summed E-state index contributed by atoms with van der Waals surface area (Å²) < 4.78 is 0. The Balaban J connectivity index is 2.52. The highest BCUT2D eigenvalue weighted by molar-refractivity contribution is 7.11. The highest BCUT2D eigenvalue weighted by Crippen LogP contribution is 2.29. The molecule has 0 saturated heterocycles. The van der Waals surface area contributed by atoms with Gasteiger partial charge < -0.3 is 0 Å². The molecule has 0 spiro atoms. The number of halogens is 2. The SMILES string of the molecule is Cc1csc(/C(C#N)=C\c2c(Cl)cccc2Cl)n1. The van der Waals surface area contributed by atoms with Gasteiger partial charge in [-0.3, -0.25) is 0 Å². The standard InChI is InChI=1S/C13H8Cl2N2S/c1-8-7-18-13(17-8)9(6-16)5-10-11(14)3-2-4-12(10)15/h2-5,7H,1H3/b9-5-. The van der Waals surface area contributed by atoms with Crippen LogP contribution in [0.5, 0.6) is 0 Å². The molecule has 1 aromatic carbocycles. The molecule has 0 unspecified atom stereocenters. The van der Waals surface area contributed by atoms with Crippen LogP contribution >= 0.6 is 34.5 Å². The van der Waals surface area contributed by atoms with Gasteiger partial charge in [-0.15, -0.1) is 11.3 Å². The van der Waals surface area contributed by atoms with Gasteiger partial charge in [-0.25, -0.2) is 4.98 Å². The number of hydrogen-bond acceptors (Lipinski definition) is 3. The number of rotatable bonds is 2. The van der Waals surface area contributed by atoms with Crippen LogP contribution in [-0.2, 0) is 0 Å². The van der Waals surface area contributed by atoms with Gasteiger partial charge in [0.15, 0.2) is 0 Å². The van der Waals surface area contributed by atoms with Gasteiger partial charge in [-0.1, -0.05) is 29.3 Å². The zero-order valence-corrected chi connectivity index (χ0v) is 11.8. The van der Waals surface area contributed by atoms with Gasteiger partial charge in [-0.2, -0.15) is 5.26 Å². The number of aromatic nitrogens is 1. The number of benzene rings is 1. The topological polar surface area (TPSA) is 36.7 Å². The van der Waals surface area contributed by atoms with Gasteiger partial charge in [-0.05, 0) is 25.1 Å². The number of allylic oxidation sites excluding steroid dienone is 1. The van der Waals surface area contributed by atoms with Crippen LogP contribution in [0.4, 0.5) is 0 Å². The van der Waals surface area contributed by atoms with E-state index >= 15 is 0 Å². The highest BCUT2D eigenvalue weighted by Gasteiger charge is 2.09. The van der Waals surface area contributed by atoms with Crippen LogP contribution in [0, 0.1) is 18.3 Å². The Morgan fingerprint density at radius 1 is 1.39 bits per heavy atom. The van der Waals surface area contributed by atoms with E-state index < -0.39 is 0 Å². The molecule has 18 heavy (non-hydrogen) atoms. The number of thiazole rings is 1. The molecule has 0 amide bonds. The van der Waals surface area contributed by atoms with Crippen molar-refractivity contribution in [2.45, 2.75) is 6.92 Å². The minimum atomic E-state index is 0.461. The van der Waals surface area contributed by atoms with E-state index in [1.165, 1.54) is 11.3 Å². The van der Waals surface area contributed by atoms with Crippen molar-refractivity contribution in [3.05, 3.63) is 49.9 Å². The summed E-state index contributed by atoms with van der Waals surface area (Å²) in [4.78, 5) is 4.28. The molecule has 2 nitrogen and oxygen atoms in total. The fourth-order valence-electron chi connectivity index (χ4n) is 1.41. The smallest absolute Gasteiger partial charge is 0.134 e. The van der Waals surface area contributed by atoms with E-state index in [2.05, 4.69) is 11.1 Å². The molecule has 0 atom stereocenters. The summed E-state index contributed by atoms with van der Waals surface area (Å²) in [7, 11) is 0. The number of nitriles is 1. The normalized spacial score (nSPS) is 11.3. The van der Waals surface area contributed by atoms with E-state index in [-0.39, 0.29) is 0 Å². The van der Waals surface area contributed by atoms with Crippen LogP contribution in [0.25, 0.3) is 11.6 Å². The van der Waals surface area contributed by atoms with E-state index in [0.29, 0.717) is 26.2 Å². The molecule has 5 heteroatoms. The molecule has 0 aliphatic rings. The van der Waals surface area contributed by atoms with Crippen LogP contribution in [0.3, 0.4) is 0 Å². The summed E-state index contributed by atoms with van der Waals surface area (Å²) in [6.07, 6.45) is 1.67. The molecule has 0 aliphatic carbocycles. The van der Waals surface area contributed by atoms with Crippen molar-refractivity contribution in [1.29, 1.82) is 5.26 Å². The Labute approximate surface area is 119 Å². The quantitative estimate of drug-likeness (QED) is 0.744. The monoisotopic (exact) mass is 294 g/mol. The fourth-order valence-corrected chi connectivity index (χ4v) is 2.68. The van der Waals surface area contributed by atoms with E-state index in [4.69, 9.17) is 23.2 Å². The van der Waals surface area contributed by atoms with Crippen molar-refractivity contribution >= 4 is 46.2 Å². The third-order valence-electron chi connectivity index (χ3n) is 2.26. The highest BCUT2D eigenvalue weighted by atomic mass is 35.5. The maximum absolute atomic E-state index is 9.19. The molecule has 1 heterocycles. The van der Waals surface area contributed by atoms with Crippen molar-refractivity contribution in [3.8, 4) is 6.07 Å². The van der Waals surface area contributed by atoms with Crippen molar-refractivity contribution < 1.29 is 0 Å². The summed E-state index contributed by atoms with van der Waals surface area (Å²) in [5.41, 5.74) is 2.00. The van der Waals surface area contributed by atoms with Crippen molar-refractivity contribution in [3.63, 3.8) is 0 Å². The maximum atomic E-state index is 9.19. The second-order valence-electron chi connectivity index (χ2n) is 3.60. The first kappa shape index (κ1) is 13.1. The lowest BCUT2D eigenvalue weighted by Crippen LogP contribution is -1.83. The van der Waals surface area contributed by atoms with Gasteiger partial charge in [0.1, 0.15) is 11.1 Å². The summed E-state index contributed by atoms with van der Waals surface area (Å²) in [6.45, 7) is 1.89. The zero-order chi connectivity index (χ0) is 13.1. The van der Waals surface area contributed by atoms with E-state index in [9.17, 15) is 5.26 Å². The predicted molar refractivity (Wildman–Crippen MR) is 76.8 cm³/mol. The van der Waals surface area contributed by atoms with Crippen LogP contribution in [0.1, 0.15) is 16.3 Å². The maximum Gasteiger partial charge on any atom is 0.134 e. The summed E-state index contributed by atoms with van der Waals surface area (Å²) >= 11 is 13.6. The average molecular weight is 295 g/mol. The molecule has 2 rings (SSSR count). The molecule has 0 aliphatic heterocycles. The predicted octanol–water partition coefficient (Wildman–Crippen LogP) is 4.82. The average Bonchev–Trinajstić information content (AvgIpc) is 2.76. The molecule has 1 aromatic heterocycles. The third kappa shape index (κ3) is 2.73. The minimum absolute atomic E-state index is 0.461. The Kier molecular flexibility index (Phi) is 4.03. The van der Waals surface area contributed by atoms with Gasteiger partial charge in [0.2, 0.25) is 0 Å². The molecule has 0 radical (unpaired) electrons. The summed E-state index contributed by atoms with van der Waals surface area (Å²) in [6, 6.07) is 7.37. The van der Waals surface area contributed by atoms with Crippen molar-refractivity contribution in [1.82, 2.24) is 4.98 Å². The Hall–Kier alpha value is -1.34. The second kappa shape index (κ2) is 5.53. The van der Waals surface area contributed by atoms with Crippen LogP contribution in [-0.4, -0.2) is 4.98 Å². The van der Waals surface area contributed by atoms with Crippen molar-refractivity contribution in [2.75, 3.05) is 0 Å². The van der Waals surface area contributed by atoms with E-state index in [1.807, 2.05) is 12.3 Å². The van der Waals surface area contributed by atoms with E-state index in [1.54, 1.807) is 24.3 Å². The first-order valence-electron chi connectivity index (χ1n) is 5.10. The number of aryl methyl sites for hydroxylation is 1. The molecule has 90 valence electrons. The molecule has 0 bridgehead atoms. The van der Waals surface area contributed by atoms with Gasteiger partial charge in [0.05, 0.1) is 5.57 Å². The number of nitrogens with zero attached hydrogens (tertiary/aromatic N) is 2. The lowest BCUT2D eigenvalue weighted by Gasteiger charge is -2.01. The lowest BCUT2D eigenvalue weighted by atomic mass is 10.1. The Morgan fingerprint density at radius 3 is 2.56 bits per heavy atom. The first-order chi connectivity index (χ1) is 8.61. The van der Waals surface area contributed by atoms with Crippen LogP contribution in [0.15, 0.2) is 23.6 Å². The number of hydrogen-bond donors (Lipinski definition) is 0. The van der Waals surface area contributed by atoms with Crippen molar-refractivity contribution in [2.24, 2.45) is 0 Å². The van der Waals surface area contributed by atoms with E-state index in [0.717, 1.165) is 5.69 Å². The third-order valence-corrected chi connectivity index (χ3v) is 3.91. The molecule has 2 aromatic rings. The largest absolute Gasteiger partial charge is 0.241 e. The zero-order valence-electron chi connectivity index (χ0n) is 9.45. The van der Waals surface area contributed by atoms with Crippen LogP contribution in [0.2, 0.25) is 10.0 Å². The Bertz CT molecular complexity index is 633. The van der Waals surface area contributed by atoms with Gasteiger partial charge in [0.25, 0.3) is 0 Å². The first-order valence-corrected chi connectivity index (χ1v) is 6.73. The van der Waals surface area contributed by atoms with Gasteiger partial charge in [0, 0.05) is 26.7 Å². The summed E-state index contributed by atoms with van der Waals surface area (Å²) in [5.74, 6) is 0. The molecule has 0 N–H and O–H groups in total. The minimum Gasteiger partial charge on any atom is -0.241 e. The molecule has 0 fully saturated rings. The molecule has 0 saturated carbocycles. The van der Waals surface area contributed by atoms with Gasteiger partial charge >= 0.3 is 0 Å². The lowest BCUT2D eigenvalue weighted by molar-refractivity contribution is 1.25. The molecular formula is C13H8Cl2N2S. The second-order valence-corrected chi connectivity index (χ2v) is 5.27. The Morgan fingerprint density at radius 2 is 2.06 bits per heavy atom.